The molecule has 2 rings (SSSR count). The Morgan fingerprint density at radius 2 is 1.88 bits per heavy atom. The predicted molar refractivity (Wildman–Crippen MR) is 96.1 cm³/mol. The molecule has 0 heterocycles. The van der Waals surface area contributed by atoms with Gasteiger partial charge in [-0.25, -0.2) is 8.42 Å². The molecule has 0 fully saturated rings. The van der Waals surface area contributed by atoms with E-state index in [2.05, 4.69) is 5.32 Å². The van der Waals surface area contributed by atoms with E-state index in [1.165, 1.54) is 12.1 Å². The van der Waals surface area contributed by atoms with Crippen LogP contribution in [-0.2, 0) is 9.84 Å². The molecule has 0 saturated heterocycles. The largest absolute Gasteiger partial charge is 0.345 e. The van der Waals surface area contributed by atoms with Gasteiger partial charge in [0.05, 0.1) is 22.3 Å². The Kier molecular flexibility index (Phi) is 6.02. The van der Waals surface area contributed by atoms with Gasteiger partial charge in [0.15, 0.2) is 9.84 Å². The molecule has 0 aliphatic rings. The van der Waals surface area contributed by atoms with E-state index < -0.39 is 15.7 Å². The van der Waals surface area contributed by atoms with Crippen LogP contribution in [0.3, 0.4) is 0 Å². The molecule has 4 nitrogen and oxygen atoms in total. The van der Waals surface area contributed by atoms with Crippen molar-refractivity contribution < 1.29 is 13.2 Å². The van der Waals surface area contributed by atoms with Crippen molar-refractivity contribution in [3.63, 3.8) is 0 Å². The molecule has 1 amide bonds. The first-order valence-electron chi connectivity index (χ1n) is 7.73. The number of hydrogen-bond donors (Lipinski definition) is 1. The maximum Gasteiger partial charge on any atom is 0.253 e. The molecule has 1 N–H and O–H groups in total. The van der Waals surface area contributed by atoms with Crippen molar-refractivity contribution in [3.8, 4) is 0 Å². The van der Waals surface area contributed by atoms with E-state index in [9.17, 15) is 13.2 Å². The summed E-state index contributed by atoms with van der Waals surface area (Å²) in [4.78, 5) is 12.6. The van der Waals surface area contributed by atoms with Gasteiger partial charge in [0.1, 0.15) is 0 Å². The third kappa shape index (κ3) is 4.36. The van der Waals surface area contributed by atoms with Crippen LogP contribution in [0.15, 0.2) is 53.4 Å². The molecule has 24 heavy (non-hydrogen) atoms. The summed E-state index contributed by atoms with van der Waals surface area (Å²) in [7, 11) is -3.48. The molecule has 0 radical (unpaired) electrons. The van der Waals surface area contributed by atoms with Crippen LogP contribution < -0.4 is 5.32 Å². The van der Waals surface area contributed by atoms with E-state index in [1.54, 1.807) is 37.3 Å². The van der Waals surface area contributed by atoms with E-state index in [4.69, 9.17) is 11.6 Å². The zero-order valence-corrected chi connectivity index (χ0v) is 15.2. The molecule has 0 spiro atoms. The second kappa shape index (κ2) is 7.81. The lowest BCUT2D eigenvalue weighted by Crippen LogP contribution is -2.28. The Morgan fingerprint density at radius 1 is 1.17 bits per heavy atom. The maximum absolute atomic E-state index is 12.6. The topological polar surface area (TPSA) is 63.2 Å². The minimum atomic E-state index is -3.48. The first-order valence-corrected chi connectivity index (χ1v) is 9.76. The number of amides is 1. The summed E-state index contributed by atoms with van der Waals surface area (Å²) in [5.74, 6) is -0.404. The maximum atomic E-state index is 12.6. The minimum Gasteiger partial charge on any atom is -0.345 e. The summed E-state index contributed by atoms with van der Waals surface area (Å²) in [6.45, 7) is 3.62. The van der Waals surface area contributed by atoms with Gasteiger partial charge < -0.3 is 5.32 Å². The van der Waals surface area contributed by atoms with Crippen LogP contribution in [0.25, 0.3) is 0 Å². The number of carbonyl (C=O) groups excluding carboxylic acids is 1. The van der Waals surface area contributed by atoms with Crippen LogP contribution >= 0.6 is 11.6 Å². The second-order valence-corrected chi connectivity index (χ2v) is 8.08. The smallest absolute Gasteiger partial charge is 0.253 e. The van der Waals surface area contributed by atoms with Gasteiger partial charge in [-0.15, -0.1) is 0 Å². The van der Waals surface area contributed by atoms with Gasteiger partial charge in [0.2, 0.25) is 0 Å². The van der Waals surface area contributed by atoms with Gasteiger partial charge in [-0.2, -0.15) is 0 Å². The zero-order chi connectivity index (χ0) is 17.7. The summed E-state index contributed by atoms with van der Waals surface area (Å²) in [6, 6.07) is 13.2. The number of nitrogens with one attached hydrogen (secondary N) is 1. The summed E-state index contributed by atoms with van der Waals surface area (Å²) >= 11 is 5.97. The molecule has 0 saturated carbocycles. The summed E-state index contributed by atoms with van der Waals surface area (Å²) < 4.78 is 24.7. The molecule has 0 unspecified atom stereocenters. The van der Waals surface area contributed by atoms with Crippen LogP contribution in [0.1, 0.15) is 42.2 Å². The molecular weight excluding hydrogens is 346 g/mol. The fourth-order valence-corrected chi connectivity index (χ4v) is 4.18. The number of halogens is 1. The van der Waals surface area contributed by atoms with Gasteiger partial charge in [0, 0.05) is 5.02 Å². The SMILES string of the molecule is CCCS(=O)(=O)c1ccccc1C(=O)N[C@H](C)c1cccc(Cl)c1. The predicted octanol–water partition coefficient (Wildman–Crippen LogP) is 4.01. The Labute approximate surface area is 147 Å². The highest BCUT2D eigenvalue weighted by atomic mass is 35.5. The highest BCUT2D eigenvalue weighted by Crippen LogP contribution is 2.21. The quantitative estimate of drug-likeness (QED) is 0.841. The van der Waals surface area contributed by atoms with Crippen molar-refractivity contribution in [1.82, 2.24) is 5.32 Å². The van der Waals surface area contributed by atoms with Crippen molar-refractivity contribution in [2.45, 2.75) is 31.2 Å². The minimum absolute atomic E-state index is 0.0150. The normalized spacial score (nSPS) is 12.6. The van der Waals surface area contributed by atoms with E-state index >= 15 is 0 Å². The number of benzene rings is 2. The molecule has 0 aliphatic carbocycles. The molecule has 6 heteroatoms. The first-order chi connectivity index (χ1) is 11.3. The average Bonchev–Trinajstić information content (AvgIpc) is 2.54. The van der Waals surface area contributed by atoms with Gasteiger partial charge in [-0.1, -0.05) is 42.8 Å². The van der Waals surface area contributed by atoms with Crippen LogP contribution in [0, 0.1) is 0 Å². The molecular formula is C18H20ClNO3S. The highest BCUT2D eigenvalue weighted by molar-refractivity contribution is 7.91. The first kappa shape index (κ1) is 18.5. The molecule has 0 aliphatic heterocycles. The van der Waals surface area contributed by atoms with E-state index in [-0.39, 0.29) is 22.3 Å². The van der Waals surface area contributed by atoms with Crippen molar-refractivity contribution in [3.05, 3.63) is 64.7 Å². The van der Waals surface area contributed by atoms with Crippen LogP contribution in [-0.4, -0.2) is 20.1 Å². The summed E-state index contributed by atoms with van der Waals surface area (Å²) in [6.07, 6.45) is 0.497. The number of hydrogen-bond acceptors (Lipinski definition) is 3. The van der Waals surface area contributed by atoms with Crippen molar-refractivity contribution >= 4 is 27.3 Å². The number of sulfone groups is 1. The third-order valence-corrected chi connectivity index (χ3v) is 5.84. The monoisotopic (exact) mass is 365 g/mol. The van der Waals surface area contributed by atoms with Gasteiger partial charge in [-0.3, -0.25) is 4.79 Å². The Hall–Kier alpha value is -1.85. The molecule has 2 aromatic carbocycles. The van der Waals surface area contributed by atoms with Crippen molar-refractivity contribution in [1.29, 1.82) is 0 Å². The van der Waals surface area contributed by atoms with Crippen LogP contribution in [0.4, 0.5) is 0 Å². The summed E-state index contributed by atoms with van der Waals surface area (Å²) in [5.41, 5.74) is 1.02. The lowest BCUT2D eigenvalue weighted by molar-refractivity contribution is 0.0936. The standard InChI is InChI=1S/C18H20ClNO3S/c1-3-11-24(22,23)17-10-5-4-9-16(17)18(21)20-13(2)14-7-6-8-15(19)12-14/h4-10,12-13H,3,11H2,1-2H3,(H,20,21)/t13-/m1/s1. The third-order valence-electron chi connectivity index (χ3n) is 3.64. The molecule has 1 atom stereocenters. The number of carbonyl (C=O) groups is 1. The second-order valence-electron chi connectivity index (χ2n) is 5.57. The van der Waals surface area contributed by atoms with E-state index in [0.29, 0.717) is 11.4 Å². The highest BCUT2D eigenvalue weighted by Gasteiger charge is 2.22. The average molecular weight is 366 g/mol. The molecule has 0 bridgehead atoms. The summed E-state index contributed by atoms with van der Waals surface area (Å²) in [5, 5.41) is 3.42. The van der Waals surface area contributed by atoms with Crippen molar-refractivity contribution in [2.24, 2.45) is 0 Å². The Balaban J connectivity index is 2.28. The van der Waals surface area contributed by atoms with Crippen LogP contribution in [0.5, 0.6) is 0 Å². The Morgan fingerprint density at radius 3 is 2.54 bits per heavy atom. The molecule has 0 aromatic heterocycles. The number of rotatable bonds is 6. The van der Waals surface area contributed by atoms with Crippen molar-refractivity contribution in [2.75, 3.05) is 5.75 Å². The van der Waals surface area contributed by atoms with Gasteiger partial charge >= 0.3 is 0 Å². The zero-order valence-electron chi connectivity index (χ0n) is 13.6. The van der Waals surface area contributed by atoms with Crippen LogP contribution in [0.2, 0.25) is 5.02 Å². The molecule has 2 aromatic rings. The van der Waals surface area contributed by atoms with E-state index in [0.717, 1.165) is 5.56 Å². The van der Waals surface area contributed by atoms with E-state index in [1.807, 2.05) is 13.0 Å². The molecule has 128 valence electrons. The lowest BCUT2D eigenvalue weighted by atomic mass is 10.1. The fourth-order valence-electron chi connectivity index (χ4n) is 2.44. The van der Waals surface area contributed by atoms with Gasteiger partial charge in [0.25, 0.3) is 5.91 Å². The Bertz CT molecular complexity index is 834. The fraction of sp³-hybridized carbons (Fsp3) is 0.278. The van der Waals surface area contributed by atoms with Gasteiger partial charge in [-0.05, 0) is 43.2 Å². The lowest BCUT2D eigenvalue weighted by Gasteiger charge is -2.16.